The number of rotatable bonds is 9. The Balaban J connectivity index is 1.78. The van der Waals surface area contributed by atoms with E-state index in [0.717, 1.165) is 43.3 Å². The molecule has 0 radical (unpaired) electrons. The van der Waals surface area contributed by atoms with Crippen LogP contribution in [0.5, 0.6) is 5.75 Å². The van der Waals surface area contributed by atoms with Crippen molar-refractivity contribution in [1.82, 2.24) is 15.1 Å². The highest BCUT2D eigenvalue weighted by Crippen LogP contribution is 2.32. The third-order valence-electron chi connectivity index (χ3n) is 5.04. The highest BCUT2D eigenvalue weighted by Gasteiger charge is 2.20. The van der Waals surface area contributed by atoms with Crippen molar-refractivity contribution in [3.8, 4) is 23.1 Å². The standard InChI is InChI=1S/C22H27N5O3/c1-3-29-15-30-20-12-17(14-28)6-7-19(20)22-16(2)11-21(25-26-22)24-18-5-4-9-27(13-18)10-8-23/h6-7,11-12,14,18H,3-5,9-10,13,15H2,1-2H3,(H,24,25). The molecule has 1 aromatic heterocycles. The van der Waals surface area contributed by atoms with Crippen LogP contribution in [0.15, 0.2) is 24.3 Å². The Morgan fingerprint density at radius 2 is 2.23 bits per heavy atom. The Hall–Kier alpha value is -3.02. The Labute approximate surface area is 176 Å². The fraction of sp³-hybridized carbons (Fsp3) is 0.455. The summed E-state index contributed by atoms with van der Waals surface area (Å²) in [6, 6.07) is 9.65. The van der Waals surface area contributed by atoms with Crippen molar-refractivity contribution >= 4 is 12.1 Å². The third kappa shape index (κ3) is 5.53. The number of aryl methyl sites for hydroxylation is 1. The summed E-state index contributed by atoms with van der Waals surface area (Å²) >= 11 is 0. The number of nitrogens with zero attached hydrogens (tertiary/aromatic N) is 4. The summed E-state index contributed by atoms with van der Waals surface area (Å²) in [5.74, 6) is 1.24. The number of aromatic nitrogens is 2. The second-order valence-electron chi connectivity index (χ2n) is 7.27. The number of ether oxygens (including phenoxy) is 2. The molecule has 1 unspecified atom stereocenters. The van der Waals surface area contributed by atoms with E-state index in [0.29, 0.717) is 36.0 Å². The molecule has 0 aliphatic carbocycles. The Morgan fingerprint density at radius 1 is 1.37 bits per heavy atom. The van der Waals surface area contributed by atoms with Gasteiger partial charge >= 0.3 is 0 Å². The molecule has 0 saturated carbocycles. The minimum absolute atomic E-state index is 0.0960. The zero-order valence-electron chi connectivity index (χ0n) is 17.4. The minimum atomic E-state index is 0.0960. The average Bonchev–Trinajstić information content (AvgIpc) is 2.75. The molecule has 1 fully saturated rings. The summed E-state index contributed by atoms with van der Waals surface area (Å²) < 4.78 is 11.0. The lowest BCUT2D eigenvalue weighted by Crippen LogP contribution is -2.42. The summed E-state index contributed by atoms with van der Waals surface area (Å²) in [6.07, 6.45) is 2.86. The van der Waals surface area contributed by atoms with E-state index in [1.54, 1.807) is 12.1 Å². The molecular formula is C22H27N5O3. The van der Waals surface area contributed by atoms with Gasteiger partial charge in [0.2, 0.25) is 0 Å². The van der Waals surface area contributed by atoms with Crippen LogP contribution in [0.4, 0.5) is 5.82 Å². The number of carbonyl (C=O) groups is 1. The molecule has 30 heavy (non-hydrogen) atoms. The molecule has 1 aliphatic heterocycles. The molecule has 1 atom stereocenters. The van der Waals surface area contributed by atoms with Crippen LogP contribution in [-0.2, 0) is 4.74 Å². The van der Waals surface area contributed by atoms with Crippen LogP contribution in [0.2, 0.25) is 0 Å². The lowest BCUT2D eigenvalue weighted by molar-refractivity contribution is 0.0227. The fourth-order valence-electron chi connectivity index (χ4n) is 3.56. The minimum Gasteiger partial charge on any atom is -0.467 e. The smallest absolute Gasteiger partial charge is 0.189 e. The van der Waals surface area contributed by atoms with Crippen LogP contribution in [0, 0.1) is 18.3 Å². The van der Waals surface area contributed by atoms with Crippen molar-refractivity contribution in [2.24, 2.45) is 0 Å². The largest absolute Gasteiger partial charge is 0.467 e. The van der Waals surface area contributed by atoms with Gasteiger partial charge < -0.3 is 14.8 Å². The van der Waals surface area contributed by atoms with Crippen molar-refractivity contribution in [1.29, 1.82) is 5.26 Å². The van der Waals surface area contributed by atoms with Gasteiger partial charge in [-0.05, 0) is 57.0 Å². The van der Waals surface area contributed by atoms with E-state index in [9.17, 15) is 4.79 Å². The van der Waals surface area contributed by atoms with Crippen molar-refractivity contribution < 1.29 is 14.3 Å². The summed E-state index contributed by atoms with van der Waals surface area (Å²) in [7, 11) is 0. The van der Waals surface area contributed by atoms with E-state index >= 15 is 0 Å². The normalized spacial score (nSPS) is 16.6. The van der Waals surface area contributed by atoms with Crippen LogP contribution < -0.4 is 10.1 Å². The molecule has 8 heteroatoms. The predicted molar refractivity (Wildman–Crippen MR) is 113 cm³/mol. The van der Waals surface area contributed by atoms with E-state index in [1.807, 2.05) is 26.0 Å². The molecular weight excluding hydrogens is 382 g/mol. The maximum atomic E-state index is 11.2. The SMILES string of the molecule is CCOCOc1cc(C=O)ccc1-c1nnc(NC2CCCN(CC#N)C2)cc1C. The van der Waals surface area contributed by atoms with Gasteiger partial charge in [0.05, 0.1) is 18.3 Å². The van der Waals surface area contributed by atoms with Crippen molar-refractivity contribution in [3.63, 3.8) is 0 Å². The van der Waals surface area contributed by atoms with Gasteiger partial charge in [0.15, 0.2) is 6.79 Å². The Kier molecular flexibility index (Phi) is 7.71. The van der Waals surface area contributed by atoms with Gasteiger partial charge in [0.1, 0.15) is 17.9 Å². The van der Waals surface area contributed by atoms with Gasteiger partial charge in [-0.15, -0.1) is 10.2 Å². The second kappa shape index (κ2) is 10.7. The lowest BCUT2D eigenvalue weighted by Gasteiger charge is -2.31. The van der Waals surface area contributed by atoms with Gasteiger partial charge in [-0.3, -0.25) is 9.69 Å². The first-order valence-corrected chi connectivity index (χ1v) is 10.1. The highest BCUT2D eigenvalue weighted by atomic mass is 16.7. The number of hydrogen-bond acceptors (Lipinski definition) is 8. The molecule has 158 valence electrons. The number of benzene rings is 1. The second-order valence-corrected chi connectivity index (χ2v) is 7.27. The highest BCUT2D eigenvalue weighted by molar-refractivity contribution is 5.80. The molecule has 0 bridgehead atoms. The average molecular weight is 409 g/mol. The summed E-state index contributed by atoms with van der Waals surface area (Å²) in [6.45, 7) is 6.71. The third-order valence-corrected chi connectivity index (χ3v) is 5.04. The van der Waals surface area contributed by atoms with Crippen LogP contribution in [0.3, 0.4) is 0 Å². The van der Waals surface area contributed by atoms with Gasteiger partial charge in [-0.1, -0.05) is 6.07 Å². The number of aldehydes is 1. The number of anilines is 1. The number of hydrogen-bond donors (Lipinski definition) is 1. The number of nitriles is 1. The molecule has 8 nitrogen and oxygen atoms in total. The molecule has 1 saturated heterocycles. The number of likely N-dealkylation sites (tertiary alicyclic amines) is 1. The number of piperidine rings is 1. The summed E-state index contributed by atoms with van der Waals surface area (Å²) in [5, 5.41) is 21.1. The molecule has 2 aromatic rings. The van der Waals surface area contributed by atoms with Crippen LogP contribution in [0.1, 0.15) is 35.7 Å². The van der Waals surface area contributed by atoms with Gasteiger partial charge in [-0.2, -0.15) is 5.26 Å². The predicted octanol–water partition coefficient (Wildman–Crippen LogP) is 3.04. The first-order chi connectivity index (χ1) is 14.6. The van der Waals surface area contributed by atoms with Crippen LogP contribution >= 0.6 is 0 Å². The number of carbonyl (C=O) groups excluding carboxylic acids is 1. The molecule has 1 aromatic carbocycles. The Bertz CT molecular complexity index is 912. The monoisotopic (exact) mass is 409 g/mol. The maximum absolute atomic E-state index is 11.2. The van der Waals surface area contributed by atoms with Gasteiger partial charge in [0, 0.05) is 30.3 Å². The van der Waals surface area contributed by atoms with Crippen LogP contribution in [0.25, 0.3) is 11.3 Å². The molecule has 3 rings (SSSR count). The van der Waals surface area contributed by atoms with E-state index in [4.69, 9.17) is 14.7 Å². The van der Waals surface area contributed by atoms with Gasteiger partial charge in [0.25, 0.3) is 0 Å². The van der Waals surface area contributed by atoms with E-state index in [1.165, 1.54) is 0 Å². The summed E-state index contributed by atoms with van der Waals surface area (Å²) in [4.78, 5) is 13.3. The quantitative estimate of drug-likeness (QED) is 0.292. The molecule has 2 heterocycles. The van der Waals surface area contributed by atoms with Crippen LogP contribution in [-0.4, -0.2) is 60.5 Å². The first-order valence-electron chi connectivity index (χ1n) is 10.1. The number of nitrogens with one attached hydrogen (secondary N) is 1. The van der Waals surface area contributed by atoms with Crippen molar-refractivity contribution in [2.45, 2.75) is 32.7 Å². The fourth-order valence-corrected chi connectivity index (χ4v) is 3.56. The molecule has 0 amide bonds. The molecule has 1 N–H and O–H groups in total. The summed E-state index contributed by atoms with van der Waals surface area (Å²) in [5.41, 5.74) is 2.92. The lowest BCUT2D eigenvalue weighted by atomic mass is 10.0. The van der Waals surface area contributed by atoms with E-state index in [-0.39, 0.29) is 12.8 Å². The topological polar surface area (TPSA) is 100 Å². The Morgan fingerprint density at radius 3 is 2.97 bits per heavy atom. The first kappa shape index (κ1) is 21.7. The van der Waals surface area contributed by atoms with E-state index in [2.05, 4.69) is 26.5 Å². The zero-order valence-corrected chi connectivity index (χ0v) is 17.4. The van der Waals surface area contributed by atoms with E-state index < -0.39 is 0 Å². The van der Waals surface area contributed by atoms with Crippen molar-refractivity contribution in [2.75, 3.05) is 38.4 Å². The maximum Gasteiger partial charge on any atom is 0.189 e. The van der Waals surface area contributed by atoms with Gasteiger partial charge in [-0.25, -0.2) is 0 Å². The van der Waals surface area contributed by atoms with Crippen molar-refractivity contribution in [3.05, 3.63) is 35.4 Å². The zero-order chi connectivity index (χ0) is 21.3. The molecule has 1 aliphatic rings. The molecule has 0 spiro atoms.